The van der Waals surface area contributed by atoms with Crippen LogP contribution >= 0.6 is 0 Å². The van der Waals surface area contributed by atoms with Gasteiger partial charge in [0.25, 0.3) is 0 Å². The molecule has 0 unspecified atom stereocenters. The maximum absolute atomic E-state index is 6.52. The van der Waals surface area contributed by atoms with Crippen molar-refractivity contribution in [1.29, 1.82) is 0 Å². The van der Waals surface area contributed by atoms with Crippen molar-refractivity contribution in [3.8, 4) is 0 Å². The van der Waals surface area contributed by atoms with Crippen LogP contribution in [0.5, 0.6) is 0 Å². The normalized spacial score (nSPS) is 15.1. The van der Waals surface area contributed by atoms with E-state index in [0.29, 0.717) is 0 Å². The van der Waals surface area contributed by atoms with Gasteiger partial charge in [-0.2, -0.15) is 0 Å². The molecule has 0 saturated heterocycles. The van der Waals surface area contributed by atoms with Crippen LogP contribution in [0.25, 0.3) is 0 Å². The van der Waals surface area contributed by atoms with E-state index in [1.165, 1.54) is 0 Å². The maximum atomic E-state index is 6.52. The van der Waals surface area contributed by atoms with E-state index in [1.807, 2.05) is 0 Å². The summed E-state index contributed by atoms with van der Waals surface area (Å²) in [4.78, 5) is 0. The molecule has 0 aromatic rings. The summed E-state index contributed by atoms with van der Waals surface area (Å²) in [5.41, 5.74) is 0. The molecule has 0 rings (SSSR count). The first-order valence-corrected chi connectivity index (χ1v) is 29.5. The van der Waals surface area contributed by atoms with Gasteiger partial charge in [0.1, 0.15) is 0 Å². The third kappa shape index (κ3) is 14.0. The Morgan fingerprint density at radius 2 is 0.556 bits per heavy atom. The molecule has 0 atom stereocenters. The van der Waals surface area contributed by atoms with Crippen LogP contribution in [0.4, 0.5) is 0 Å². The summed E-state index contributed by atoms with van der Waals surface area (Å²) >= 11 is 0. The molecule has 6 nitrogen and oxygen atoms in total. The van der Waals surface area contributed by atoms with Crippen LogP contribution in [0.2, 0.25) is 91.7 Å². The molecule has 0 aromatic heterocycles. The van der Waals surface area contributed by atoms with Gasteiger partial charge in [-0.05, 0) is 91.7 Å². The van der Waals surface area contributed by atoms with Crippen molar-refractivity contribution in [1.82, 2.24) is 0 Å². The highest BCUT2D eigenvalue weighted by molar-refractivity contribution is 6.90. The predicted molar refractivity (Wildman–Crippen MR) is 132 cm³/mol. The summed E-state index contributed by atoms with van der Waals surface area (Å²) in [6, 6.07) is 0. The van der Waals surface area contributed by atoms with Gasteiger partial charge in [-0.25, -0.2) is 0 Å². The van der Waals surface area contributed by atoms with E-state index >= 15 is 0 Å². The summed E-state index contributed by atoms with van der Waals surface area (Å²) in [5, 5.41) is 0. The molecular weight excluding hydrogens is 461 g/mol. The van der Waals surface area contributed by atoms with Crippen LogP contribution in [0.3, 0.4) is 0 Å². The largest absolute Gasteiger partial charge is 0.440 e. The summed E-state index contributed by atoms with van der Waals surface area (Å²) in [5.74, 6) is 0. The molecule has 0 aliphatic carbocycles. The third-order valence-electron chi connectivity index (χ3n) is 3.01. The average Bonchev–Trinajstić information content (AvgIpc) is 2.14. The van der Waals surface area contributed by atoms with Crippen LogP contribution in [-0.4, -0.2) is 60.9 Å². The lowest BCUT2D eigenvalue weighted by atomic mass is 11.9. The van der Waals surface area contributed by atoms with Crippen molar-refractivity contribution in [3.05, 3.63) is 0 Å². The summed E-state index contributed by atoms with van der Waals surface area (Å²) < 4.78 is 38.2. The smallest absolute Gasteiger partial charge is 0.314 e. The molecule has 0 saturated carbocycles. The van der Waals surface area contributed by atoms with Gasteiger partial charge in [0, 0.05) is 0 Å². The van der Waals surface area contributed by atoms with E-state index < -0.39 is 60.9 Å². The van der Waals surface area contributed by atoms with E-state index in [2.05, 4.69) is 91.7 Å². The number of hydrogen-bond donors (Lipinski definition) is 0. The van der Waals surface area contributed by atoms with E-state index in [0.717, 1.165) is 0 Å². The van der Waals surface area contributed by atoms with E-state index in [4.69, 9.17) is 24.7 Å². The average molecular weight is 505 g/mol. The zero-order chi connectivity index (χ0) is 21.9. The lowest BCUT2D eigenvalue weighted by molar-refractivity contribution is 0.273. The van der Waals surface area contributed by atoms with Crippen LogP contribution in [0.1, 0.15) is 0 Å². The minimum atomic E-state index is -2.42. The van der Waals surface area contributed by atoms with Crippen molar-refractivity contribution in [2.24, 2.45) is 0 Å². The van der Waals surface area contributed by atoms with Gasteiger partial charge in [0.2, 0.25) is 0 Å². The summed E-state index contributed by atoms with van der Waals surface area (Å²) in [6.45, 7) is 29.7. The van der Waals surface area contributed by atoms with Crippen molar-refractivity contribution in [2.45, 2.75) is 91.7 Å². The number of hydrogen-bond acceptors (Lipinski definition) is 6. The second kappa shape index (κ2) is 10.1. The van der Waals surface area contributed by atoms with Crippen LogP contribution in [0.15, 0.2) is 0 Å². The SMILES string of the molecule is C[SiH](C)O[Si](C)(C)O[Si](C)(C)O[Si](C)(C)O[Si](C)(C)O[Si](C)(C)O[SiH](C)C. The van der Waals surface area contributed by atoms with Gasteiger partial charge in [-0.1, -0.05) is 0 Å². The first kappa shape index (κ1) is 28.3. The zero-order valence-corrected chi connectivity index (χ0v) is 27.4. The topological polar surface area (TPSA) is 55.4 Å². The molecular formula is C14H44O6Si7. The molecule has 164 valence electrons. The fourth-order valence-electron chi connectivity index (χ4n) is 3.61. The maximum Gasteiger partial charge on any atom is 0.314 e. The van der Waals surface area contributed by atoms with Crippen molar-refractivity contribution >= 4 is 60.9 Å². The van der Waals surface area contributed by atoms with Crippen LogP contribution in [0, 0.1) is 0 Å². The fourth-order valence-corrected chi connectivity index (χ4v) is 34.5. The van der Waals surface area contributed by atoms with Gasteiger partial charge < -0.3 is 24.7 Å². The van der Waals surface area contributed by atoms with Gasteiger partial charge in [-0.15, -0.1) is 0 Å². The van der Waals surface area contributed by atoms with Crippen molar-refractivity contribution < 1.29 is 24.7 Å². The molecule has 13 heteroatoms. The Hall–Kier alpha value is 1.28. The number of rotatable bonds is 12. The lowest BCUT2D eigenvalue weighted by Crippen LogP contribution is -2.59. The second-order valence-corrected chi connectivity index (χ2v) is 33.1. The zero-order valence-electron chi connectivity index (χ0n) is 20.1. The molecule has 0 radical (unpaired) electrons. The lowest BCUT2D eigenvalue weighted by Gasteiger charge is -2.42. The molecule has 0 aliphatic rings. The molecule has 0 amide bonds. The molecule has 0 bridgehead atoms. The molecule has 0 aliphatic heterocycles. The Morgan fingerprint density at radius 1 is 0.370 bits per heavy atom. The quantitative estimate of drug-likeness (QED) is 0.363. The Morgan fingerprint density at radius 3 is 0.741 bits per heavy atom. The van der Waals surface area contributed by atoms with Gasteiger partial charge >= 0.3 is 42.8 Å². The Bertz CT molecular complexity index is 429. The highest BCUT2D eigenvalue weighted by Crippen LogP contribution is 2.26. The van der Waals surface area contributed by atoms with E-state index in [-0.39, 0.29) is 0 Å². The summed E-state index contributed by atoms with van der Waals surface area (Å²) in [6.07, 6.45) is 0. The van der Waals surface area contributed by atoms with Crippen LogP contribution < -0.4 is 0 Å². The first-order valence-electron chi connectivity index (χ1n) is 9.82. The Kier molecular flexibility index (Phi) is 10.5. The molecule has 0 fully saturated rings. The highest BCUT2D eigenvalue weighted by atomic mass is 28.5. The van der Waals surface area contributed by atoms with Crippen LogP contribution in [-0.2, 0) is 24.7 Å². The molecule has 0 aromatic carbocycles. The second-order valence-electron chi connectivity index (χ2n) is 9.74. The van der Waals surface area contributed by atoms with Gasteiger partial charge in [0.15, 0.2) is 18.1 Å². The van der Waals surface area contributed by atoms with E-state index in [1.54, 1.807) is 0 Å². The van der Waals surface area contributed by atoms with Gasteiger partial charge in [0.05, 0.1) is 0 Å². The highest BCUT2D eigenvalue weighted by Gasteiger charge is 2.46. The Labute approximate surface area is 177 Å². The molecule has 0 N–H and O–H groups in total. The molecule has 0 heterocycles. The third-order valence-corrected chi connectivity index (χ3v) is 27.0. The molecule has 0 spiro atoms. The summed E-state index contributed by atoms with van der Waals surface area (Å²) in [7, 11) is -13.8. The monoisotopic (exact) mass is 504 g/mol. The van der Waals surface area contributed by atoms with E-state index in [9.17, 15) is 0 Å². The predicted octanol–water partition coefficient (Wildman–Crippen LogP) is 4.56. The minimum Gasteiger partial charge on any atom is -0.440 e. The van der Waals surface area contributed by atoms with Gasteiger partial charge in [-0.3, -0.25) is 0 Å². The molecule has 27 heavy (non-hydrogen) atoms. The first-order chi connectivity index (χ1) is 11.7. The Balaban J connectivity index is 5.03. The fraction of sp³-hybridized carbons (Fsp3) is 1.00. The van der Waals surface area contributed by atoms with Crippen molar-refractivity contribution in [2.75, 3.05) is 0 Å². The standard InChI is InChI=1S/C14H44O6Si7/c1-21(2)15-23(5,6)17-25(9,10)19-27(13,14)20-26(11,12)18-24(7,8)16-22(3)4/h21-22H,1-14H3. The van der Waals surface area contributed by atoms with Crippen molar-refractivity contribution in [3.63, 3.8) is 0 Å². The minimum absolute atomic E-state index is 1.15.